The van der Waals surface area contributed by atoms with Crippen LogP contribution in [0.3, 0.4) is 0 Å². The van der Waals surface area contributed by atoms with Gasteiger partial charge in [0, 0.05) is 23.0 Å². The van der Waals surface area contributed by atoms with Gasteiger partial charge in [-0.15, -0.1) is 0 Å². The number of benzene rings is 1. The summed E-state index contributed by atoms with van der Waals surface area (Å²) >= 11 is 0. The molecule has 0 amide bonds. The Morgan fingerprint density at radius 3 is 2.50 bits per heavy atom. The topological polar surface area (TPSA) is 25.2 Å². The second-order valence-electron chi connectivity index (χ2n) is 3.99. The van der Waals surface area contributed by atoms with Crippen LogP contribution in [0.5, 0.6) is 5.88 Å². The molecule has 1 aromatic carbocycles. The van der Waals surface area contributed by atoms with Gasteiger partial charge >= 0.3 is 0 Å². The summed E-state index contributed by atoms with van der Waals surface area (Å²) in [5.74, 6) is 0.374. The number of hydrogen-bond donors (Lipinski definition) is 1. The maximum absolute atomic E-state index is 9.95. The van der Waals surface area contributed by atoms with E-state index in [9.17, 15) is 5.11 Å². The summed E-state index contributed by atoms with van der Waals surface area (Å²) in [7, 11) is 0. The lowest BCUT2D eigenvalue weighted by atomic mass is 10.1. The molecule has 0 atom stereocenters. The van der Waals surface area contributed by atoms with Crippen LogP contribution in [0.2, 0.25) is 0 Å². The largest absolute Gasteiger partial charge is 0.494 e. The summed E-state index contributed by atoms with van der Waals surface area (Å²) in [5, 5.41) is 12.0. The summed E-state index contributed by atoms with van der Waals surface area (Å²) in [5.41, 5.74) is 1.21. The molecule has 0 aliphatic rings. The van der Waals surface area contributed by atoms with Crippen molar-refractivity contribution in [2.24, 2.45) is 0 Å². The first-order valence-corrected chi connectivity index (χ1v) is 4.90. The fraction of sp³-hybridized carbons (Fsp3) is 0.333. The van der Waals surface area contributed by atoms with Gasteiger partial charge in [0.1, 0.15) is 0 Å². The highest BCUT2D eigenvalue weighted by molar-refractivity contribution is 5.90. The number of fused-ring (bicyclic) bond motifs is 1. The molecule has 0 saturated heterocycles. The van der Waals surface area contributed by atoms with Crippen molar-refractivity contribution in [3.63, 3.8) is 0 Å². The van der Waals surface area contributed by atoms with Crippen LogP contribution in [-0.4, -0.2) is 9.67 Å². The average Bonchev–Trinajstić information content (AvgIpc) is 2.46. The number of aromatic nitrogens is 1. The van der Waals surface area contributed by atoms with E-state index in [-0.39, 0.29) is 0 Å². The van der Waals surface area contributed by atoms with Crippen molar-refractivity contribution in [2.45, 2.75) is 26.8 Å². The Hall–Kier alpha value is -1.44. The summed E-state index contributed by atoms with van der Waals surface area (Å²) < 4.78 is 1.90. The monoisotopic (exact) mass is 189 g/mol. The summed E-state index contributed by atoms with van der Waals surface area (Å²) in [6.07, 6.45) is 2.02. The van der Waals surface area contributed by atoms with E-state index in [0.29, 0.717) is 11.9 Å². The van der Waals surface area contributed by atoms with Gasteiger partial charge in [-0.05, 0) is 32.4 Å². The molecule has 1 heterocycles. The highest BCUT2D eigenvalue weighted by Gasteiger charge is 2.10. The molecule has 0 aliphatic heterocycles. The molecule has 0 spiro atoms. The second-order valence-corrected chi connectivity index (χ2v) is 3.99. The zero-order chi connectivity index (χ0) is 10.3. The lowest BCUT2D eigenvalue weighted by molar-refractivity contribution is 0.405. The van der Waals surface area contributed by atoms with Gasteiger partial charge in [-0.1, -0.05) is 12.1 Å². The summed E-state index contributed by atoms with van der Waals surface area (Å²) in [6, 6.07) is 6.28. The third-order valence-electron chi connectivity index (χ3n) is 2.63. The lowest BCUT2D eigenvalue weighted by Crippen LogP contribution is -1.96. The molecule has 0 fully saturated rings. The molecule has 2 aromatic rings. The highest BCUT2D eigenvalue weighted by Crippen LogP contribution is 2.31. The molecule has 0 radical (unpaired) electrons. The van der Waals surface area contributed by atoms with Crippen LogP contribution in [-0.2, 0) is 0 Å². The van der Waals surface area contributed by atoms with Crippen LogP contribution in [0.25, 0.3) is 10.8 Å². The second kappa shape index (κ2) is 3.05. The molecule has 0 aliphatic carbocycles. The van der Waals surface area contributed by atoms with E-state index >= 15 is 0 Å². The molecule has 74 valence electrons. The maximum Gasteiger partial charge on any atom is 0.199 e. The minimum atomic E-state index is 0.293. The Kier molecular flexibility index (Phi) is 1.99. The van der Waals surface area contributed by atoms with Crippen molar-refractivity contribution >= 4 is 10.8 Å². The van der Waals surface area contributed by atoms with Crippen LogP contribution in [0.1, 0.15) is 25.5 Å². The molecule has 1 aromatic heterocycles. The Balaban J connectivity index is 2.80. The molecule has 0 bridgehead atoms. The van der Waals surface area contributed by atoms with E-state index in [4.69, 9.17) is 0 Å². The van der Waals surface area contributed by atoms with E-state index in [2.05, 4.69) is 26.8 Å². The molecular formula is C12H15NO. The molecule has 0 saturated carbocycles. The van der Waals surface area contributed by atoms with E-state index in [1.165, 1.54) is 5.56 Å². The molecular weight excluding hydrogens is 174 g/mol. The van der Waals surface area contributed by atoms with Gasteiger partial charge < -0.3 is 9.67 Å². The summed E-state index contributed by atoms with van der Waals surface area (Å²) in [6.45, 7) is 6.19. The van der Waals surface area contributed by atoms with Gasteiger partial charge in [0.05, 0.1) is 0 Å². The number of aryl methyl sites for hydroxylation is 1. The minimum absolute atomic E-state index is 0.293. The van der Waals surface area contributed by atoms with Crippen molar-refractivity contribution in [3.8, 4) is 5.88 Å². The first-order chi connectivity index (χ1) is 6.61. The smallest absolute Gasteiger partial charge is 0.199 e. The zero-order valence-corrected chi connectivity index (χ0v) is 8.78. The number of nitrogens with zero attached hydrogens (tertiary/aromatic N) is 1. The number of aromatic hydroxyl groups is 1. The Morgan fingerprint density at radius 1 is 1.21 bits per heavy atom. The van der Waals surface area contributed by atoms with Gasteiger partial charge in [-0.25, -0.2) is 0 Å². The van der Waals surface area contributed by atoms with E-state index in [1.54, 1.807) is 0 Å². The van der Waals surface area contributed by atoms with Crippen LogP contribution in [0.4, 0.5) is 0 Å². The number of hydrogen-bond acceptors (Lipinski definition) is 1. The number of rotatable bonds is 1. The van der Waals surface area contributed by atoms with Crippen molar-refractivity contribution in [1.82, 2.24) is 4.57 Å². The normalized spacial score (nSPS) is 11.4. The molecule has 1 N–H and O–H groups in total. The first-order valence-electron chi connectivity index (χ1n) is 4.90. The molecule has 14 heavy (non-hydrogen) atoms. The van der Waals surface area contributed by atoms with Gasteiger partial charge in [-0.3, -0.25) is 0 Å². The Labute approximate surface area is 83.8 Å². The lowest BCUT2D eigenvalue weighted by Gasteiger charge is -2.07. The van der Waals surface area contributed by atoms with Crippen molar-refractivity contribution in [3.05, 3.63) is 30.0 Å². The van der Waals surface area contributed by atoms with Crippen molar-refractivity contribution < 1.29 is 5.11 Å². The Morgan fingerprint density at radius 2 is 1.93 bits per heavy atom. The first kappa shape index (κ1) is 9.13. The third kappa shape index (κ3) is 1.18. The predicted octanol–water partition coefficient (Wildman–Crippen LogP) is 3.24. The van der Waals surface area contributed by atoms with E-state index in [1.807, 2.05) is 22.9 Å². The molecule has 0 unspecified atom stereocenters. The zero-order valence-electron chi connectivity index (χ0n) is 8.78. The van der Waals surface area contributed by atoms with E-state index < -0.39 is 0 Å². The standard InChI is InChI=1S/C12H15NO/c1-8(2)13-7-11-9(3)5-4-6-10(11)12(13)14/h4-8,14H,1-3H3. The third-order valence-corrected chi connectivity index (χ3v) is 2.63. The molecule has 2 rings (SSSR count). The predicted molar refractivity (Wildman–Crippen MR) is 58.7 cm³/mol. The van der Waals surface area contributed by atoms with Gasteiger partial charge in [0.15, 0.2) is 5.88 Å². The van der Waals surface area contributed by atoms with Gasteiger partial charge in [0.2, 0.25) is 0 Å². The SMILES string of the molecule is Cc1cccc2c(O)n(C(C)C)cc12. The van der Waals surface area contributed by atoms with Crippen molar-refractivity contribution in [2.75, 3.05) is 0 Å². The quantitative estimate of drug-likeness (QED) is 0.732. The van der Waals surface area contributed by atoms with E-state index in [0.717, 1.165) is 10.8 Å². The minimum Gasteiger partial charge on any atom is -0.494 e. The van der Waals surface area contributed by atoms with Crippen molar-refractivity contribution in [1.29, 1.82) is 0 Å². The van der Waals surface area contributed by atoms with Crippen LogP contribution in [0.15, 0.2) is 24.4 Å². The highest BCUT2D eigenvalue weighted by atomic mass is 16.3. The Bertz CT molecular complexity index is 468. The van der Waals surface area contributed by atoms with Crippen LogP contribution < -0.4 is 0 Å². The molecule has 2 heteroatoms. The van der Waals surface area contributed by atoms with Gasteiger partial charge in [-0.2, -0.15) is 0 Å². The van der Waals surface area contributed by atoms with Crippen LogP contribution in [0, 0.1) is 6.92 Å². The summed E-state index contributed by atoms with van der Waals surface area (Å²) in [4.78, 5) is 0. The molecule has 2 nitrogen and oxygen atoms in total. The maximum atomic E-state index is 9.95. The van der Waals surface area contributed by atoms with Crippen LogP contribution >= 0.6 is 0 Å². The average molecular weight is 189 g/mol. The van der Waals surface area contributed by atoms with Gasteiger partial charge in [0.25, 0.3) is 0 Å². The fourth-order valence-corrected chi connectivity index (χ4v) is 1.78. The fourth-order valence-electron chi connectivity index (χ4n) is 1.78.